The van der Waals surface area contributed by atoms with Gasteiger partial charge in [-0.25, -0.2) is 9.37 Å². The maximum absolute atomic E-state index is 13.0. The highest BCUT2D eigenvalue weighted by atomic mass is 35.5. The number of benzene rings is 1. The molecule has 0 N–H and O–H groups in total. The van der Waals surface area contributed by atoms with E-state index >= 15 is 0 Å². The van der Waals surface area contributed by atoms with Crippen LogP contribution in [0.15, 0.2) is 30.3 Å². The van der Waals surface area contributed by atoms with E-state index in [1.54, 1.807) is 13.0 Å². The molecule has 18 heavy (non-hydrogen) atoms. The first-order chi connectivity index (χ1) is 8.58. The van der Waals surface area contributed by atoms with E-state index in [1.807, 2.05) is 6.07 Å². The lowest BCUT2D eigenvalue weighted by atomic mass is 10.2. The smallest absolute Gasteiger partial charge is 0.220 e. The van der Waals surface area contributed by atoms with Gasteiger partial charge in [0.15, 0.2) is 0 Å². The van der Waals surface area contributed by atoms with E-state index in [1.165, 1.54) is 24.3 Å². The molecule has 0 bridgehead atoms. The van der Waals surface area contributed by atoms with E-state index < -0.39 is 5.82 Å². The van der Waals surface area contributed by atoms with Crippen molar-refractivity contribution in [1.82, 2.24) is 4.98 Å². The Bertz CT molecular complexity index is 637. The maximum Gasteiger partial charge on any atom is 0.220 e. The van der Waals surface area contributed by atoms with Gasteiger partial charge in [-0.1, -0.05) is 11.6 Å². The number of nitriles is 1. The molecule has 0 radical (unpaired) electrons. The van der Waals surface area contributed by atoms with Crippen LogP contribution in [0.25, 0.3) is 0 Å². The SMILES string of the molecule is Cc1cc(C#N)cc(Oc2ccc(F)c(Cl)c2)n1. The minimum absolute atomic E-state index is 0.0272. The van der Waals surface area contributed by atoms with Gasteiger partial charge in [0, 0.05) is 17.8 Å². The largest absolute Gasteiger partial charge is 0.439 e. The Morgan fingerprint density at radius 3 is 2.78 bits per heavy atom. The summed E-state index contributed by atoms with van der Waals surface area (Å²) in [6.07, 6.45) is 0. The van der Waals surface area contributed by atoms with Crippen LogP contribution in [0.2, 0.25) is 5.02 Å². The van der Waals surface area contributed by atoms with Crippen LogP contribution in [-0.4, -0.2) is 4.98 Å². The third kappa shape index (κ3) is 2.76. The molecule has 0 fully saturated rings. The zero-order chi connectivity index (χ0) is 13.1. The molecule has 1 aromatic carbocycles. The Labute approximate surface area is 108 Å². The molecule has 5 heteroatoms. The van der Waals surface area contributed by atoms with Crippen molar-refractivity contribution in [3.05, 3.63) is 52.4 Å². The van der Waals surface area contributed by atoms with Crippen molar-refractivity contribution >= 4 is 11.6 Å². The molecule has 1 heterocycles. The minimum Gasteiger partial charge on any atom is -0.439 e. The number of aryl methyl sites for hydroxylation is 1. The minimum atomic E-state index is -0.515. The zero-order valence-corrected chi connectivity index (χ0v) is 10.2. The molecule has 0 aliphatic carbocycles. The molecule has 2 rings (SSSR count). The van der Waals surface area contributed by atoms with Gasteiger partial charge in [-0.2, -0.15) is 5.26 Å². The van der Waals surface area contributed by atoms with Gasteiger partial charge in [-0.05, 0) is 25.1 Å². The Morgan fingerprint density at radius 2 is 2.11 bits per heavy atom. The summed E-state index contributed by atoms with van der Waals surface area (Å²) in [5.41, 5.74) is 1.11. The van der Waals surface area contributed by atoms with Crippen LogP contribution in [0.3, 0.4) is 0 Å². The van der Waals surface area contributed by atoms with Gasteiger partial charge in [0.25, 0.3) is 0 Å². The van der Waals surface area contributed by atoms with Crippen molar-refractivity contribution < 1.29 is 9.13 Å². The van der Waals surface area contributed by atoms with Crippen molar-refractivity contribution in [1.29, 1.82) is 5.26 Å². The van der Waals surface area contributed by atoms with Crippen LogP contribution in [0.5, 0.6) is 11.6 Å². The fourth-order valence-corrected chi connectivity index (χ4v) is 1.59. The van der Waals surface area contributed by atoms with E-state index in [9.17, 15) is 4.39 Å². The summed E-state index contributed by atoms with van der Waals surface area (Å²) >= 11 is 5.64. The fraction of sp³-hybridized carbons (Fsp3) is 0.0769. The van der Waals surface area contributed by atoms with E-state index in [-0.39, 0.29) is 10.9 Å². The second kappa shape index (κ2) is 5.03. The summed E-state index contributed by atoms with van der Waals surface area (Å²) in [5, 5.41) is 8.80. The lowest BCUT2D eigenvalue weighted by molar-refractivity contribution is 0.460. The number of rotatable bonds is 2. The van der Waals surface area contributed by atoms with Crippen LogP contribution in [0.4, 0.5) is 4.39 Å². The normalized spacial score (nSPS) is 9.89. The first-order valence-electron chi connectivity index (χ1n) is 5.10. The van der Waals surface area contributed by atoms with Crippen molar-refractivity contribution in [3.63, 3.8) is 0 Å². The predicted octanol–water partition coefficient (Wildman–Crippen LogP) is 3.85. The second-order valence-electron chi connectivity index (χ2n) is 3.63. The molecule has 0 aliphatic heterocycles. The number of hydrogen-bond acceptors (Lipinski definition) is 3. The van der Waals surface area contributed by atoms with Crippen molar-refractivity contribution in [2.45, 2.75) is 6.92 Å². The molecular weight excluding hydrogens is 255 g/mol. The van der Waals surface area contributed by atoms with Gasteiger partial charge in [0.2, 0.25) is 5.88 Å². The summed E-state index contributed by atoms with van der Waals surface area (Å²) in [7, 11) is 0. The second-order valence-corrected chi connectivity index (χ2v) is 4.03. The molecule has 0 saturated carbocycles. The highest BCUT2D eigenvalue weighted by Crippen LogP contribution is 2.25. The molecule has 0 atom stereocenters. The fourth-order valence-electron chi connectivity index (χ4n) is 1.42. The van der Waals surface area contributed by atoms with Crippen LogP contribution in [0.1, 0.15) is 11.3 Å². The topological polar surface area (TPSA) is 45.9 Å². The van der Waals surface area contributed by atoms with Crippen molar-refractivity contribution in [2.24, 2.45) is 0 Å². The Morgan fingerprint density at radius 1 is 1.33 bits per heavy atom. The maximum atomic E-state index is 13.0. The molecule has 2 aromatic rings. The molecular formula is C13H8ClFN2O. The molecule has 0 amide bonds. The van der Waals surface area contributed by atoms with Crippen molar-refractivity contribution in [3.8, 4) is 17.7 Å². The van der Waals surface area contributed by atoms with E-state index in [4.69, 9.17) is 21.6 Å². The summed E-state index contributed by atoms with van der Waals surface area (Å²) < 4.78 is 18.4. The summed E-state index contributed by atoms with van der Waals surface area (Å²) in [6, 6.07) is 9.16. The quantitative estimate of drug-likeness (QED) is 0.826. The third-order valence-electron chi connectivity index (χ3n) is 2.17. The summed E-state index contributed by atoms with van der Waals surface area (Å²) in [6.45, 7) is 1.76. The zero-order valence-electron chi connectivity index (χ0n) is 9.45. The van der Waals surface area contributed by atoms with E-state index in [0.717, 1.165) is 0 Å². The lowest BCUT2D eigenvalue weighted by Gasteiger charge is -2.06. The Kier molecular flexibility index (Phi) is 3.45. The average molecular weight is 263 g/mol. The Balaban J connectivity index is 2.31. The van der Waals surface area contributed by atoms with Crippen LogP contribution in [0, 0.1) is 24.1 Å². The van der Waals surface area contributed by atoms with Gasteiger partial charge < -0.3 is 4.74 Å². The van der Waals surface area contributed by atoms with E-state index in [0.29, 0.717) is 17.0 Å². The highest BCUT2D eigenvalue weighted by Gasteiger charge is 2.05. The third-order valence-corrected chi connectivity index (χ3v) is 2.46. The molecule has 3 nitrogen and oxygen atoms in total. The lowest BCUT2D eigenvalue weighted by Crippen LogP contribution is -1.92. The van der Waals surface area contributed by atoms with E-state index in [2.05, 4.69) is 4.98 Å². The number of ether oxygens (including phenoxy) is 1. The number of pyridine rings is 1. The van der Waals surface area contributed by atoms with Gasteiger partial charge >= 0.3 is 0 Å². The monoisotopic (exact) mass is 262 g/mol. The van der Waals surface area contributed by atoms with Crippen LogP contribution in [-0.2, 0) is 0 Å². The molecule has 0 saturated heterocycles. The van der Waals surface area contributed by atoms with Gasteiger partial charge in [0.1, 0.15) is 11.6 Å². The molecule has 0 spiro atoms. The number of hydrogen-bond donors (Lipinski definition) is 0. The van der Waals surface area contributed by atoms with Crippen LogP contribution >= 0.6 is 11.6 Å². The first-order valence-corrected chi connectivity index (χ1v) is 5.48. The number of halogens is 2. The standard InChI is InChI=1S/C13H8ClFN2O/c1-8-4-9(7-16)5-13(17-8)18-10-2-3-12(15)11(14)6-10/h2-6H,1H3. The predicted molar refractivity (Wildman–Crippen MR) is 65.2 cm³/mol. The van der Waals surface area contributed by atoms with Gasteiger partial charge in [-0.3, -0.25) is 0 Å². The Hall–Kier alpha value is -2.12. The molecule has 0 aliphatic rings. The summed E-state index contributed by atoms with van der Waals surface area (Å²) in [4.78, 5) is 4.12. The van der Waals surface area contributed by atoms with Gasteiger partial charge in [-0.15, -0.1) is 0 Å². The molecule has 90 valence electrons. The summed E-state index contributed by atoms with van der Waals surface area (Å²) in [5.74, 6) is 0.122. The first kappa shape index (κ1) is 12.3. The van der Waals surface area contributed by atoms with Gasteiger partial charge in [0.05, 0.1) is 16.7 Å². The highest BCUT2D eigenvalue weighted by molar-refractivity contribution is 6.30. The average Bonchev–Trinajstić information content (AvgIpc) is 2.33. The number of aromatic nitrogens is 1. The van der Waals surface area contributed by atoms with Crippen molar-refractivity contribution in [2.75, 3.05) is 0 Å². The van der Waals surface area contributed by atoms with Crippen LogP contribution < -0.4 is 4.74 Å². The molecule has 0 unspecified atom stereocenters. The molecule has 1 aromatic heterocycles. The number of nitrogens with zero attached hydrogens (tertiary/aromatic N) is 2.